The Kier molecular flexibility index (Phi) is 3.46. The Balaban J connectivity index is 3.39. The monoisotopic (exact) mass is 204 g/mol. The molecule has 0 atom stereocenters. The zero-order valence-corrected chi connectivity index (χ0v) is 8.37. The van der Waals surface area contributed by atoms with Crippen LogP contribution >= 0.6 is 11.3 Å². The first kappa shape index (κ1) is 11.0. The Morgan fingerprint density at radius 2 is 2.21 bits per heavy atom. The molecule has 0 saturated heterocycles. The van der Waals surface area contributed by atoms with Crippen LogP contribution in [0.2, 0.25) is 0 Å². The van der Waals surface area contributed by atoms with E-state index < -0.39 is 11.6 Å². The van der Waals surface area contributed by atoms with Crippen LogP contribution in [0.3, 0.4) is 0 Å². The second-order valence-electron chi connectivity index (χ2n) is 2.49. The number of aryl methyl sites for hydroxylation is 1. The number of aromatic nitrogens is 1. The Morgan fingerprint density at radius 3 is 2.64 bits per heavy atom. The lowest BCUT2D eigenvalue weighted by atomic mass is 10.1. The topological polar surface area (TPSA) is 51.4 Å². The molecule has 1 aromatic heterocycles. The van der Waals surface area contributed by atoms with E-state index >= 15 is 0 Å². The first-order valence-corrected chi connectivity index (χ1v) is 4.77. The standard InChI is InChI=1S/C7H6B2N2O2S/c1-2-4-3-14-7(10-5(8)12)11(4)6(9)13/h3H,2H2,1H3/b10-7+. The minimum atomic E-state index is -0.843. The van der Waals surface area contributed by atoms with Crippen molar-refractivity contribution in [1.82, 2.24) is 4.57 Å². The van der Waals surface area contributed by atoms with Crippen LogP contribution in [0.1, 0.15) is 12.6 Å². The van der Waals surface area contributed by atoms with Gasteiger partial charge in [0.1, 0.15) is 0 Å². The molecule has 1 rings (SSSR count). The highest BCUT2D eigenvalue weighted by Crippen LogP contribution is 2.02. The molecule has 7 heteroatoms. The van der Waals surface area contributed by atoms with Crippen LogP contribution in [0.25, 0.3) is 0 Å². The molecule has 68 valence electrons. The molecule has 0 bridgehead atoms. The molecule has 4 nitrogen and oxygen atoms in total. The predicted molar refractivity (Wildman–Crippen MR) is 54.9 cm³/mol. The van der Waals surface area contributed by atoms with Gasteiger partial charge in [-0.05, 0) is 6.42 Å². The molecule has 0 aliphatic rings. The molecule has 0 aliphatic carbocycles. The van der Waals surface area contributed by atoms with Crippen molar-refractivity contribution in [2.75, 3.05) is 0 Å². The lowest BCUT2D eigenvalue weighted by molar-refractivity contribution is 0.259. The summed E-state index contributed by atoms with van der Waals surface area (Å²) in [6.45, 7) is 1.87. The molecule has 4 radical (unpaired) electrons. The fourth-order valence-electron chi connectivity index (χ4n) is 0.997. The summed E-state index contributed by atoms with van der Waals surface area (Å²) < 4.78 is 1.18. The van der Waals surface area contributed by atoms with Crippen molar-refractivity contribution in [2.45, 2.75) is 13.3 Å². The minimum Gasteiger partial charge on any atom is -0.288 e. The number of carbonyl (C=O) groups excluding carboxylic acids is 2. The van der Waals surface area contributed by atoms with Gasteiger partial charge in [-0.2, -0.15) is 4.99 Å². The number of amides is 1. The molecule has 0 N–H and O–H groups in total. The summed E-state index contributed by atoms with van der Waals surface area (Å²) in [4.78, 5) is 25.2. The van der Waals surface area contributed by atoms with Crippen molar-refractivity contribution in [3.63, 3.8) is 0 Å². The molecule has 0 saturated carbocycles. The van der Waals surface area contributed by atoms with Crippen LogP contribution in [0.4, 0.5) is 9.59 Å². The molecular formula is C7H6B2N2O2S. The number of rotatable bonds is 1. The lowest BCUT2D eigenvalue weighted by Gasteiger charge is -2.00. The van der Waals surface area contributed by atoms with Crippen molar-refractivity contribution in [3.8, 4) is 0 Å². The summed E-state index contributed by atoms with van der Waals surface area (Å²) in [7, 11) is 10.0. The average Bonchev–Trinajstić information content (AvgIpc) is 2.46. The highest BCUT2D eigenvalue weighted by molar-refractivity contribution is 7.07. The van der Waals surface area contributed by atoms with E-state index in [0.717, 1.165) is 11.3 Å². The van der Waals surface area contributed by atoms with E-state index in [9.17, 15) is 9.59 Å². The molecule has 1 aromatic rings. The van der Waals surface area contributed by atoms with E-state index in [1.54, 1.807) is 5.38 Å². The van der Waals surface area contributed by atoms with Gasteiger partial charge in [0, 0.05) is 11.1 Å². The SMILES string of the molecule is [B]C(=O)/N=c1/scc(CC)n1C([B])=O. The van der Waals surface area contributed by atoms with Gasteiger partial charge in [-0.25, -0.2) is 0 Å². The smallest absolute Gasteiger partial charge is 0.203 e. The van der Waals surface area contributed by atoms with Gasteiger partial charge >= 0.3 is 0 Å². The van der Waals surface area contributed by atoms with Crippen LogP contribution < -0.4 is 4.80 Å². The second-order valence-corrected chi connectivity index (χ2v) is 3.32. The summed E-state index contributed by atoms with van der Waals surface area (Å²) in [5.41, 5.74) is 0.711. The van der Waals surface area contributed by atoms with Crippen LogP contribution in [0, 0.1) is 0 Å². The van der Waals surface area contributed by atoms with Gasteiger partial charge in [0.2, 0.25) is 15.7 Å². The maximum Gasteiger partial charge on any atom is 0.203 e. The number of thiazole rings is 1. The molecule has 0 fully saturated rings. The third-order valence-corrected chi connectivity index (χ3v) is 2.44. The van der Waals surface area contributed by atoms with Crippen molar-refractivity contribution >= 4 is 38.6 Å². The average molecular weight is 204 g/mol. The molecule has 14 heavy (non-hydrogen) atoms. The van der Waals surface area contributed by atoms with E-state index in [1.807, 2.05) is 6.92 Å². The molecule has 1 heterocycles. The zero-order chi connectivity index (χ0) is 10.7. The third kappa shape index (κ3) is 2.23. The van der Waals surface area contributed by atoms with Gasteiger partial charge in [-0.15, -0.1) is 11.3 Å². The van der Waals surface area contributed by atoms with Crippen LogP contribution in [-0.4, -0.2) is 31.9 Å². The summed E-state index contributed by atoms with van der Waals surface area (Å²) in [6, 6.07) is 0. The summed E-state index contributed by atoms with van der Waals surface area (Å²) in [5, 5.41) is 1.71. The lowest BCUT2D eigenvalue weighted by Crippen LogP contribution is -2.25. The Hall–Kier alpha value is -1.10. The van der Waals surface area contributed by atoms with E-state index in [-0.39, 0.29) is 4.80 Å². The third-order valence-electron chi connectivity index (χ3n) is 1.57. The Morgan fingerprint density at radius 1 is 1.57 bits per heavy atom. The largest absolute Gasteiger partial charge is 0.288 e. The maximum atomic E-state index is 11.0. The van der Waals surface area contributed by atoms with Crippen molar-refractivity contribution in [1.29, 1.82) is 0 Å². The van der Waals surface area contributed by atoms with Gasteiger partial charge < -0.3 is 0 Å². The van der Waals surface area contributed by atoms with Crippen molar-refractivity contribution in [2.24, 2.45) is 4.99 Å². The van der Waals surface area contributed by atoms with Crippen molar-refractivity contribution < 1.29 is 9.59 Å². The maximum absolute atomic E-state index is 11.0. The van der Waals surface area contributed by atoms with Crippen LogP contribution in [0.5, 0.6) is 0 Å². The van der Waals surface area contributed by atoms with Crippen LogP contribution in [-0.2, 0) is 6.42 Å². The molecule has 0 spiro atoms. The molecule has 0 unspecified atom stereocenters. The molecule has 0 aliphatic heterocycles. The summed E-state index contributed by atoms with van der Waals surface area (Å²) in [6.07, 6.45) is 0.633. The van der Waals surface area contributed by atoms with Crippen molar-refractivity contribution in [3.05, 3.63) is 15.9 Å². The van der Waals surface area contributed by atoms with Crippen LogP contribution in [0.15, 0.2) is 10.4 Å². The highest BCUT2D eigenvalue weighted by Gasteiger charge is 2.07. The number of hydrogen-bond donors (Lipinski definition) is 0. The normalized spacial score (nSPS) is 11.6. The number of carbonyl (C=O) groups is 2. The minimum absolute atomic E-state index is 0.210. The van der Waals surface area contributed by atoms with Gasteiger partial charge in [0.05, 0.1) is 0 Å². The first-order valence-electron chi connectivity index (χ1n) is 3.89. The van der Waals surface area contributed by atoms with E-state index in [1.165, 1.54) is 4.57 Å². The number of nitrogens with zero attached hydrogens (tertiary/aromatic N) is 2. The van der Waals surface area contributed by atoms with E-state index in [2.05, 4.69) is 4.99 Å². The van der Waals surface area contributed by atoms with Gasteiger partial charge in [-0.3, -0.25) is 14.2 Å². The predicted octanol–water partition coefficient (Wildman–Crippen LogP) is 0.438. The van der Waals surface area contributed by atoms with Gasteiger partial charge in [-0.1, -0.05) is 6.92 Å². The quantitative estimate of drug-likeness (QED) is 0.623. The van der Waals surface area contributed by atoms with E-state index in [4.69, 9.17) is 15.7 Å². The summed E-state index contributed by atoms with van der Waals surface area (Å²) >= 11 is 1.15. The number of hydrogen-bond acceptors (Lipinski definition) is 3. The van der Waals surface area contributed by atoms with E-state index in [0.29, 0.717) is 12.1 Å². The van der Waals surface area contributed by atoms with Gasteiger partial charge in [0.15, 0.2) is 16.4 Å². The molecule has 1 amide bonds. The van der Waals surface area contributed by atoms with Gasteiger partial charge in [0.25, 0.3) is 0 Å². The fourth-order valence-corrected chi connectivity index (χ4v) is 1.97. The molecule has 0 aromatic carbocycles. The summed E-state index contributed by atoms with van der Waals surface area (Å²) in [5.74, 6) is -1.51. The Bertz CT molecular complexity index is 435. The zero-order valence-electron chi connectivity index (χ0n) is 7.56. The Labute approximate surface area is 87.5 Å². The second kappa shape index (κ2) is 4.41. The molecular weight excluding hydrogens is 198 g/mol. The fraction of sp³-hybridized carbons (Fsp3) is 0.286. The first-order chi connectivity index (χ1) is 6.56. The highest BCUT2D eigenvalue weighted by atomic mass is 32.1.